The Hall–Kier alpha value is -1.42. The van der Waals surface area contributed by atoms with Crippen molar-refractivity contribution < 1.29 is 23.9 Å². The maximum absolute atomic E-state index is 12.0. The molecule has 0 aliphatic rings. The summed E-state index contributed by atoms with van der Waals surface area (Å²) in [7, 11) is -3.12. The van der Waals surface area contributed by atoms with Crippen LogP contribution in [0.5, 0.6) is 5.75 Å². The Bertz CT molecular complexity index is 671. The zero-order chi connectivity index (χ0) is 19.6. The van der Waals surface area contributed by atoms with Gasteiger partial charge in [0.2, 0.25) is 0 Å². The summed E-state index contributed by atoms with van der Waals surface area (Å²) in [4.78, 5) is 20.7. The van der Waals surface area contributed by atoms with Gasteiger partial charge in [0.15, 0.2) is 5.78 Å². The van der Waals surface area contributed by atoms with Gasteiger partial charge >= 0.3 is 8.25 Å². The molecule has 0 aliphatic heterocycles. The molecular weight excluding hydrogens is 339 g/mol. The molecule has 1 atom stereocenters. The summed E-state index contributed by atoms with van der Waals surface area (Å²) in [6, 6.07) is 3.74. The predicted octanol–water partition coefficient (Wildman–Crippen LogP) is 4.36. The van der Waals surface area contributed by atoms with Crippen LogP contribution >= 0.6 is 8.25 Å². The highest BCUT2D eigenvalue weighted by molar-refractivity contribution is 7.32. The van der Waals surface area contributed by atoms with Crippen LogP contribution in [-0.4, -0.2) is 22.4 Å². The molecule has 0 fully saturated rings. The Morgan fingerprint density at radius 1 is 1.12 bits per heavy atom. The van der Waals surface area contributed by atoms with E-state index in [0.717, 1.165) is 16.7 Å². The lowest BCUT2D eigenvalue weighted by Gasteiger charge is -2.28. The summed E-state index contributed by atoms with van der Waals surface area (Å²) in [5, 5.41) is 10.7. The van der Waals surface area contributed by atoms with Crippen LogP contribution in [0.3, 0.4) is 0 Å². The fourth-order valence-electron chi connectivity index (χ4n) is 2.46. The molecule has 0 radical (unpaired) electrons. The second kappa shape index (κ2) is 7.86. The monoisotopic (exact) mass is 368 g/mol. The first-order valence-electron chi connectivity index (χ1n) is 8.18. The lowest BCUT2D eigenvalue weighted by molar-refractivity contribution is -0.117. The van der Waals surface area contributed by atoms with Crippen LogP contribution in [0.2, 0.25) is 0 Å². The van der Waals surface area contributed by atoms with Gasteiger partial charge in [-0.25, -0.2) is 0 Å². The number of ketones is 1. The third kappa shape index (κ3) is 6.10. The Kier molecular flexibility index (Phi) is 6.80. The maximum atomic E-state index is 12.0. The average Bonchev–Trinajstić information content (AvgIpc) is 2.43. The minimum atomic E-state index is -3.12. The smallest absolute Gasteiger partial charge is 0.317 e. The molecule has 2 N–H and O–H groups in total. The Morgan fingerprint density at radius 2 is 1.56 bits per heavy atom. The first kappa shape index (κ1) is 21.6. The minimum absolute atomic E-state index is 0.258. The van der Waals surface area contributed by atoms with E-state index in [0.29, 0.717) is 5.57 Å². The highest BCUT2D eigenvalue weighted by atomic mass is 31.1. The first-order chi connectivity index (χ1) is 11.2. The predicted molar refractivity (Wildman–Crippen MR) is 101 cm³/mol. The van der Waals surface area contributed by atoms with Gasteiger partial charge in [0.25, 0.3) is 0 Å². The molecule has 0 saturated carbocycles. The van der Waals surface area contributed by atoms with Gasteiger partial charge in [0.1, 0.15) is 12.4 Å². The Balaban J connectivity index is 3.38. The number of rotatable bonds is 5. The third-order valence-electron chi connectivity index (χ3n) is 3.90. The van der Waals surface area contributed by atoms with Crippen LogP contribution in [0.4, 0.5) is 0 Å². The summed E-state index contributed by atoms with van der Waals surface area (Å²) < 4.78 is 15.1. The van der Waals surface area contributed by atoms with Crippen molar-refractivity contribution in [1.29, 1.82) is 0 Å². The highest BCUT2D eigenvalue weighted by Crippen LogP contribution is 2.40. The molecule has 0 aromatic heterocycles. The number of hydrogen-bond acceptors (Lipinski definition) is 4. The van der Waals surface area contributed by atoms with Crippen LogP contribution in [-0.2, 0) is 24.7 Å². The summed E-state index contributed by atoms with van der Waals surface area (Å²) in [6.45, 7) is 13.3. The van der Waals surface area contributed by atoms with Crippen molar-refractivity contribution in [3.8, 4) is 5.75 Å². The molecule has 0 heterocycles. The molecule has 5 nitrogen and oxygen atoms in total. The number of benzene rings is 1. The largest absolute Gasteiger partial charge is 0.507 e. The standard InChI is InChI=1S/C19H29O5P/c1-12(16(20)11-24-25(22)23)8-13-9-14(18(2,3)4)17(21)15(10-13)19(5,6)7/h8-10,21,25H,11H2,1-7H3,(H,22,23). The zero-order valence-electron chi connectivity index (χ0n) is 16.1. The Morgan fingerprint density at radius 3 is 1.92 bits per heavy atom. The number of Topliss-reactive ketones (excluding diaryl/α,β-unsaturated/α-hetero) is 1. The van der Waals surface area contributed by atoms with Crippen molar-refractivity contribution in [2.45, 2.75) is 59.3 Å². The van der Waals surface area contributed by atoms with Crippen molar-refractivity contribution >= 4 is 20.1 Å². The summed E-state index contributed by atoms with van der Waals surface area (Å²) in [6.07, 6.45) is 1.71. The van der Waals surface area contributed by atoms with Crippen LogP contribution in [0, 0.1) is 0 Å². The van der Waals surface area contributed by atoms with Crippen molar-refractivity contribution in [2.24, 2.45) is 0 Å². The zero-order valence-corrected chi connectivity index (χ0v) is 17.1. The van der Waals surface area contributed by atoms with Gasteiger partial charge in [-0.1, -0.05) is 41.5 Å². The van der Waals surface area contributed by atoms with Crippen LogP contribution in [0.1, 0.15) is 65.2 Å². The van der Waals surface area contributed by atoms with Gasteiger partial charge in [-0.3, -0.25) is 9.36 Å². The molecule has 25 heavy (non-hydrogen) atoms. The van der Waals surface area contributed by atoms with Gasteiger partial charge < -0.3 is 14.5 Å². The van der Waals surface area contributed by atoms with E-state index in [9.17, 15) is 14.5 Å². The second-order valence-electron chi connectivity index (χ2n) is 8.27. The van der Waals surface area contributed by atoms with Crippen LogP contribution in [0.15, 0.2) is 17.7 Å². The molecule has 1 aromatic carbocycles. The number of hydrogen-bond donors (Lipinski definition) is 2. The molecule has 6 heteroatoms. The van der Waals surface area contributed by atoms with E-state index in [1.807, 2.05) is 53.7 Å². The molecule has 1 rings (SSSR count). The fourth-order valence-corrected chi connectivity index (χ4v) is 2.71. The molecule has 1 unspecified atom stereocenters. The second-order valence-corrected chi connectivity index (χ2v) is 9.09. The molecule has 0 aliphatic carbocycles. The first-order valence-corrected chi connectivity index (χ1v) is 9.45. The molecule has 140 valence electrons. The molecule has 0 bridgehead atoms. The SMILES string of the molecule is CC(=Cc1cc(C(C)(C)C)c(O)c(C(C)(C)C)c1)C(=O)CO[PH](=O)O. The van der Waals surface area contributed by atoms with Crippen molar-refractivity contribution in [2.75, 3.05) is 6.61 Å². The molecular formula is C19H29O5P. The van der Waals surface area contributed by atoms with Gasteiger partial charge in [-0.05, 0) is 47.1 Å². The van der Waals surface area contributed by atoms with E-state index in [-0.39, 0.29) is 22.4 Å². The molecule has 0 saturated heterocycles. The van der Waals surface area contributed by atoms with Gasteiger partial charge in [-0.15, -0.1) is 0 Å². The molecule has 0 spiro atoms. The van der Waals surface area contributed by atoms with Crippen LogP contribution < -0.4 is 0 Å². The normalized spacial score (nSPS) is 14.5. The van der Waals surface area contributed by atoms with E-state index in [2.05, 4.69) is 4.52 Å². The van der Waals surface area contributed by atoms with E-state index in [1.165, 1.54) is 0 Å². The van der Waals surface area contributed by atoms with Gasteiger partial charge in [0.05, 0.1) is 0 Å². The third-order valence-corrected chi connectivity index (χ3v) is 4.29. The lowest BCUT2D eigenvalue weighted by atomic mass is 9.78. The van der Waals surface area contributed by atoms with E-state index < -0.39 is 14.9 Å². The van der Waals surface area contributed by atoms with Crippen molar-refractivity contribution in [1.82, 2.24) is 0 Å². The van der Waals surface area contributed by atoms with Crippen molar-refractivity contribution in [3.05, 3.63) is 34.4 Å². The Labute approximate surface area is 150 Å². The van der Waals surface area contributed by atoms with Crippen LogP contribution in [0.25, 0.3) is 6.08 Å². The number of carbonyl (C=O) groups is 1. The highest BCUT2D eigenvalue weighted by Gasteiger charge is 2.26. The van der Waals surface area contributed by atoms with Gasteiger partial charge in [-0.2, -0.15) is 0 Å². The average molecular weight is 368 g/mol. The number of phenolic OH excluding ortho intramolecular Hbond substituents is 1. The summed E-state index contributed by atoms with van der Waals surface area (Å²) in [5.74, 6) is -0.0709. The quantitative estimate of drug-likeness (QED) is 0.596. The number of phenols is 1. The van der Waals surface area contributed by atoms with Gasteiger partial charge in [0, 0.05) is 11.1 Å². The van der Waals surface area contributed by atoms with E-state index in [4.69, 9.17) is 4.89 Å². The van der Waals surface area contributed by atoms with E-state index in [1.54, 1.807) is 13.0 Å². The molecule has 1 aromatic rings. The topological polar surface area (TPSA) is 83.8 Å². The summed E-state index contributed by atoms with van der Waals surface area (Å²) in [5.41, 5.74) is 2.33. The lowest BCUT2D eigenvalue weighted by Crippen LogP contribution is -2.17. The van der Waals surface area contributed by atoms with E-state index >= 15 is 0 Å². The molecule has 0 amide bonds. The fraction of sp³-hybridized carbons (Fsp3) is 0.526. The number of aromatic hydroxyl groups is 1. The minimum Gasteiger partial charge on any atom is -0.507 e. The summed E-state index contributed by atoms with van der Waals surface area (Å²) >= 11 is 0. The maximum Gasteiger partial charge on any atom is 0.317 e. The number of carbonyl (C=O) groups excluding carboxylic acids is 1. The van der Waals surface area contributed by atoms with Crippen molar-refractivity contribution in [3.63, 3.8) is 0 Å².